The molecule has 1 fully saturated rings. The van der Waals surface area contributed by atoms with Gasteiger partial charge in [-0.1, -0.05) is 6.07 Å². The summed E-state index contributed by atoms with van der Waals surface area (Å²) < 4.78 is 25.0. The van der Waals surface area contributed by atoms with Gasteiger partial charge in [-0.15, -0.1) is 0 Å². The van der Waals surface area contributed by atoms with E-state index >= 15 is 0 Å². The van der Waals surface area contributed by atoms with Crippen molar-refractivity contribution in [1.82, 2.24) is 15.1 Å². The highest BCUT2D eigenvalue weighted by Gasteiger charge is 2.15. The number of rotatable bonds is 6. The Labute approximate surface area is 156 Å². The van der Waals surface area contributed by atoms with Crippen molar-refractivity contribution in [1.29, 1.82) is 0 Å². The van der Waals surface area contributed by atoms with Gasteiger partial charge in [0.05, 0.1) is 24.9 Å². The molecule has 0 bridgehead atoms. The first-order valence-electron chi connectivity index (χ1n) is 9.02. The van der Waals surface area contributed by atoms with E-state index < -0.39 is 6.10 Å². The first kappa shape index (κ1) is 17.9. The predicted octanol–water partition coefficient (Wildman–Crippen LogP) is 2.44. The second-order valence-electron chi connectivity index (χ2n) is 6.73. The fourth-order valence-electron chi connectivity index (χ4n) is 3.26. The Hall–Kier alpha value is -2.48. The molecule has 1 saturated heterocycles. The minimum Gasteiger partial charge on any atom is -0.491 e. The summed E-state index contributed by atoms with van der Waals surface area (Å²) in [5.74, 6) is 0.0239. The van der Waals surface area contributed by atoms with Crippen LogP contribution in [0.15, 0.2) is 42.6 Å². The summed E-state index contributed by atoms with van der Waals surface area (Å²) in [5.41, 5.74) is 2.52. The molecule has 2 heterocycles. The first-order valence-corrected chi connectivity index (χ1v) is 9.02. The number of hydrogen-bond donors (Lipinski definition) is 2. The van der Waals surface area contributed by atoms with Crippen LogP contribution < -0.4 is 4.74 Å². The van der Waals surface area contributed by atoms with Gasteiger partial charge in [-0.3, -0.25) is 10.00 Å². The molecule has 1 aliphatic heterocycles. The smallest absolute Gasteiger partial charge is 0.127 e. The lowest BCUT2D eigenvalue weighted by atomic mass is 10.0. The molecular weight excluding hydrogens is 349 g/mol. The zero-order chi connectivity index (χ0) is 18.6. The minimum atomic E-state index is -0.642. The van der Waals surface area contributed by atoms with Crippen LogP contribution >= 0.6 is 0 Å². The molecule has 1 aromatic heterocycles. The Balaban J connectivity index is 1.43. The average Bonchev–Trinajstić information content (AvgIpc) is 3.14. The van der Waals surface area contributed by atoms with E-state index in [9.17, 15) is 9.50 Å². The van der Waals surface area contributed by atoms with Gasteiger partial charge in [0.1, 0.15) is 24.3 Å². The van der Waals surface area contributed by atoms with Gasteiger partial charge in [0.2, 0.25) is 0 Å². The van der Waals surface area contributed by atoms with Crippen molar-refractivity contribution in [2.24, 2.45) is 0 Å². The lowest BCUT2D eigenvalue weighted by Gasteiger charge is -2.28. The summed E-state index contributed by atoms with van der Waals surface area (Å²) in [5, 5.41) is 18.1. The molecule has 0 aliphatic carbocycles. The lowest BCUT2D eigenvalue weighted by molar-refractivity contribution is 0.00463. The zero-order valence-electron chi connectivity index (χ0n) is 14.9. The van der Waals surface area contributed by atoms with Crippen LogP contribution in [0.3, 0.4) is 0 Å². The Bertz CT molecular complexity index is 908. The van der Waals surface area contributed by atoms with E-state index in [-0.39, 0.29) is 12.4 Å². The molecule has 3 aromatic rings. The van der Waals surface area contributed by atoms with E-state index in [0.29, 0.717) is 25.5 Å². The highest BCUT2D eigenvalue weighted by Crippen LogP contribution is 2.28. The number of aromatic amines is 1. The quantitative estimate of drug-likeness (QED) is 0.697. The summed E-state index contributed by atoms with van der Waals surface area (Å²) in [6.07, 6.45) is 1.09. The van der Waals surface area contributed by atoms with Crippen molar-refractivity contribution in [2.75, 3.05) is 39.5 Å². The number of nitrogens with one attached hydrogen (secondary N) is 1. The topological polar surface area (TPSA) is 70.6 Å². The van der Waals surface area contributed by atoms with Crippen molar-refractivity contribution in [3.05, 3.63) is 48.4 Å². The number of fused-ring (bicyclic) bond motifs is 1. The highest BCUT2D eigenvalue weighted by molar-refractivity contribution is 5.84. The number of ether oxygens (including phenoxy) is 2. The molecule has 1 aliphatic rings. The van der Waals surface area contributed by atoms with E-state index in [4.69, 9.17) is 9.47 Å². The molecule has 2 N–H and O–H groups in total. The van der Waals surface area contributed by atoms with Gasteiger partial charge in [0.25, 0.3) is 0 Å². The van der Waals surface area contributed by atoms with Gasteiger partial charge >= 0.3 is 0 Å². The molecule has 4 rings (SSSR count). The number of morpholine rings is 1. The van der Waals surface area contributed by atoms with Crippen molar-refractivity contribution >= 4 is 10.9 Å². The van der Waals surface area contributed by atoms with Gasteiger partial charge in [0.15, 0.2) is 0 Å². The standard InChI is InChI=1S/C20H22FN3O3/c21-17-8-15(14-1-2-20-16(7-14)11-22-23-20)9-19(10-17)27-13-18(25)12-24-3-5-26-6-4-24/h1-2,7-11,18,25H,3-6,12-13H2,(H,22,23). The van der Waals surface area contributed by atoms with E-state index in [1.807, 2.05) is 18.2 Å². The Morgan fingerprint density at radius 3 is 2.89 bits per heavy atom. The molecule has 142 valence electrons. The van der Waals surface area contributed by atoms with E-state index in [1.54, 1.807) is 12.3 Å². The second-order valence-corrected chi connectivity index (χ2v) is 6.73. The SMILES string of the molecule is OC(COc1cc(F)cc(-c2ccc3[nH]ncc3c2)c1)CN1CCOCC1. The molecule has 1 atom stereocenters. The molecule has 0 spiro atoms. The number of aliphatic hydroxyl groups is 1. The monoisotopic (exact) mass is 371 g/mol. The van der Waals surface area contributed by atoms with Gasteiger partial charge < -0.3 is 14.6 Å². The minimum absolute atomic E-state index is 0.112. The van der Waals surface area contributed by atoms with Crippen LogP contribution in [0.4, 0.5) is 4.39 Å². The third kappa shape index (κ3) is 4.44. The number of hydrogen-bond acceptors (Lipinski definition) is 5. The van der Waals surface area contributed by atoms with Crippen LogP contribution in [-0.2, 0) is 4.74 Å². The molecular formula is C20H22FN3O3. The Morgan fingerprint density at radius 2 is 2.04 bits per heavy atom. The van der Waals surface area contributed by atoms with Gasteiger partial charge in [0, 0.05) is 31.1 Å². The lowest BCUT2D eigenvalue weighted by Crippen LogP contribution is -2.42. The number of H-pyrrole nitrogens is 1. The third-order valence-electron chi connectivity index (χ3n) is 4.66. The van der Waals surface area contributed by atoms with Gasteiger partial charge in [-0.05, 0) is 35.4 Å². The number of nitrogens with zero attached hydrogens (tertiary/aromatic N) is 2. The van der Waals surface area contributed by atoms with Gasteiger partial charge in [-0.25, -0.2) is 4.39 Å². The molecule has 6 nitrogen and oxygen atoms in total. The van der Waals surface area contributed by atoms with Crippen molar-refractivity contribution in [2.45, 2.75) is 6.10 Å². The molecule has 2 aromatic carbocycles. The van der Waals surface area contributed by atoms with Crippen molar-refractivity contribution < 1.29 is 19.0 Å². The van der Waals surface area contributed by atoms with Crippen LogP contribution in [0.1, 0.15) is 0 Å². The van der Waals surface area contributed by atoms with Gasteiger partial charge in [-0.2, -0.15) is 5.10 Å². The maximum atomic E-state index is 14.1. The predicted molar refractivity (Wildman–Crippen MR) is 100 cm³/mol. The van der Waals surface area contributed by atoms with Crippen molar-refractivity contribution in [3.8, 4) is 16.9 Å². The number of benzene rings is 2. The van der Waals surface area contributed by atoms with Crippen LogP contribution in [0.5, 0.6) is 5.75 Å². The van der Waals surface area contributed by atoms with E-state index in [1.165, 1.54) is 12.1 Å². The largest absolute Gasteiger partial charge is 0.491 e. The molecule has 7 heteroatoms. The summed E-state index contributed by atoms with van der Waals surface area (Å²) in [4.78, 5) is 2.13. The fraction of sp³-hybridized carbons (Fsp3) is 0.350. The number of aliphatic hydroxyl groups excluding tert-OH is 1. The summed E-state index contributed by atoms with van der Waals surface area (Å²) in [6, 6.07) is 10.4. The van der Waals surface area contributed by atoms with E-state index in [2.05, 4.69) is 15.1 Å². The Morgan fingerprint density at radius 1 is 1.19 bits per heavy atom. The average molecular weight is 371 g/mol. The first-order chi connectivity index (χ1) is 13.2. The number of β-amino-alcohol motifs (C(OH)–C–C–N with tert-alkyl or cyclic N) is 1. The molecule has 27 heavy (non-hydrogen) atoms. The second kappa shape index (κ2) is 8.04. The molecule has 1 unspecified atom stereocenters. The normalized spacial score (nSPS) is 16.5. The number of aromatic nitrogens is 2. The van der Waals surface area contributed by atoms with Crippen LogP contribution in [0.2, 0.25) is 0 Å². The maximum Gasteiger partial charge on any atom is 0.127 e. The summed E-state index contributed by atoms with van der Waals surface area (Å²) in [7, 11) is 0. The highest BCUT2D eigenvalue weighted by atomic mass is 19.1. The summed E-state index contributed by atoms with van der Waals surface area (Å²) in [6.45, 7) is 3.60. The number of halogens is 1. The van der Waals surface area contributed by atoms with E-state index in [0.717, 1.165) is 35.1 Å². The zero-order valence-corrected chi connectivity index (χ0v) is 14.9. The Kier molecular flexibility index (Phi) is 5.33. The van der Waals surface area contributed by atoms with Crippen LogP contribution in [0, 0.1) is 5.82 Å². The van der Waals surface area contributed by atoms with Crippen molar-refractivity contribution in [3.63, 3.8) is 0 Å². The molecule has 0 amide bonds. The third-order valence-corrected chi connectivity index (χ3v) is 4.66. The fourth-order valence-corrected chi connectivity index (χ4v) is 3.26. The van der Waals surface area contributed by atoms with Crippen LogP contribution in [0.25, 0.3) is 22.0 Å². The molecule has 0 saturated carbocycles. The van der Waals surface area contributed by atoms with Crippen LogP contribution in [-0.4, -0.2) is 65.8 Å². The molecule has 0 radical (unpaired) electrons. The summed E-state index contributed by atoms with van der Waals surface area (Å²) >= 11 is 0. The maximum absolute atomic E-state index is 14.1.